The monoisotopic (exact) mass is 322 g/mol. The number of rotatable bonds is 8. The summed E-state index contributed by atoms with van der Waals surface area (Å²) in [7, 11) is 0. The van der Waals surface area contributed by atoms with Gasteiger partial charge in [-0.05, 0) is 30.7 Å². The number of nitrogens with zero attached hydrogens (tertiary/aromatic N) is 3. The van der Waals surface area contributed by atoms with E-state index in [-0.39, 0.29) is 11.8 Å². The fourth-order valence-electron chi connectivity index (χ4n) is 1.69. The van der Waals surface area contributed by atoms with Crippen molar-refractivity contribution in [1.82, 2.24) is 15.0 Å². The first kappa shape index (κ1) is 16.5. The van der Waals surface area contributed by atoms with Crippen molar-refractivity contribution in [2.24, 2.45) is 0 Å². The van der Waals surface area contributed by atoms with E-state index in [1.165, 1.54) is 12.1 Å². The van der Waals surface area contributed by atoms with E-state index >= 15 is 0 Å². The number of benzene rings is 1. The Balaban J connectivity index is 1.87. The average Bonchev–Trinajstić information content (AvgIpc) is 2.49. The van der Waals surface area contributed by atoms with Gasteiger partial charge in [0.05, 0.1) is 6.61 Å². The standard InChI is InChI=1S/C15H19FN4OS/c1-2-3-10-22-15-19-13(18-14(17)20-15)8-9-21-12-6-4-11(16)5-7-12/h4-7H,2-3,8-10H2,1H3,(H2,17,18,19,20). The van der Waals surface area contributed by atoms with Gasteiger partial charge in [-0.3, -0.25) is 0 Å². The first-order valence-electron chi connectivity index (χ1n) is 7.19. The maximum Gasteiger partial charge on any atom is 0.224 e. The van der Waals surface area contributed by atoms with Gasteiger partial charge in [-0.15, -0.1) is 0 Å². The van der Waals surface area contributed by atoms with Crippen LogP contribution < -0.4 is 10.5 Å². The SMILES string of the molecule is CCCCSc1nc(N)nc(CCOc2ccc(F)cc2)n1. The summed E-state index contributed by atoms with van der Waals surface area (Å²) in [6, 6.07) is 5.89. The minimum atomic E-state index is -0.286. The van der Waals surface area contributed by atoms with Crippen LogP contribution in [0, 0.1) is 5.82 Å². The van der Waals surface area contributed by atoms with Gasteiger partial charge in [-0.25, -0.2) is 9.37 Å². The van der Waals surface area contributed by atoms with Gasteiger partial charge < -0.3 is 10.5 Å². The van der Waals surface area contributed by atoms with Crippen molar-refractivity contribution in [3.05, 3.63) is 35.9 Å². The van der Waals surface area contributed by atoms with Crippen LogP contribution in [-0.4, -0.2) is 27.3 Å². The number of hydrogen-bond donors (Lipinski definition) is 1. The number of thioether (sulfide) groups is 1. The molecule has 2 N–H and O–H groups in total. The number of halogens is 1. The summed E-state index contributed by atoms with van der Waals surface area (Å²) in [5.41, 5.74) is 5.71. The molecule has 0 saturated heterocycles. The molecule has 1 heterocycles. The molecule has 0 aliphatic carbocycles. The second kappa shape index (κ2) is 8.53. The van der Waals surface area contributed by atoms with Gasteiger partial charge in [-0.2, -0.15) is 9.97 Å². The maximum absolute atomic E-state index is 12.8. The predicted molar refractivity (Wildman–Crippen MR) is 85.5 cm³/mol. The van der Waals surface area contributed by atoms with Crippen LogP contribution in [0.3, 0.4) is 0 Å². The van der Waals surface area contributed by atoms with Gasteiger partial charge in [-0.1, -0.05) is 25.1 Å². The lowest BCUT2D eigenvalue weighted by molar-refractivity contribution is 0.318. The van der Waals surface area contributed by atoms with Crippen LogP contribution in [0.2, 0.25) is 0 Å². The van der Waals surface area contributed by atoms with Crippen molar-refractivity contribution >= 4 is 17.7 Å². The highest BCUT2D eigenvalue weighted by atomic mass is 32.2. The molecule has 0 radical (unpaired) electrons. The topological polar surface area (TPSA) is 73.9 Å². The smallest absolute Gasteiger partial charge is 0.224 e. The molecule has 0 fully saturated rings. The highest BCUT2D eigenvalue weighted by molar-refractivity contribution is 7.99. The molecule has 0 spiro atoms. The number of unbranched alkanes of at least 4 members (excludes halogenated alkanes) is 1. The van der Waals surface area contributed by atoms with Crippen molar-refractivity contribution in [3.8, 4) is 5.75 Å². The van der Waals surface area contributed by atoms with Crippen LogP contribution in [0.4, 0.5) is 10.3 Å². The quantitative estimate of drug-likeness (QED) is 0.594. The summed E-state index contributed by atoms with van der Waals surface area (Å²) >= 11 is 1.58. The third-order valence-corrected chi connectivity index (χ3v) is 3.75. The third kappa shape index (κ3) is 5.48. The summed E-state index contributed by atoms with van der Waals surface area (Å²) in [5, 5.41) is 0.651. The number of nitrogen functional groups attached to an aromatic ring is 1. The van der Waals surface area contributed by atoms with E-state index in [2.05, 4.69) is 21.9 Å². The number of ether oxygens (including phenoxy) is 1. The summed E-state index contributed by atoms with van der Waals surface area (Å²) in [6.07, 6.45) is 2.76. The second-order valence-corrected chi connectivity index (χ2v) is 5.71. The molecule has 22 heavy (non-hydrogen) atoms. The summed E-state index contributed by atoms with van der Waals surface area (Å²) in [6.45, 7) is 2.54. The zero-order valence-electron chi connectivity index (χ0n) is 12.5. The molecule has 0 aliphatic heterocycles. The molecule has 2 aromatic rings. The van der Waals surface area contributed by atoms with E-state index in [1.54, 1.807) is 23.9 Å². The first-order chi connectivity index (χ1) is 10.7. The molecule has 0 bridgehead atoms. The molecule has 0 amide bonds. The molecule has 1 aromatic heterocycles. The van der Waals surface area contributed by atoms with E-state index in [4.69, 9.17) is 10.5 Å². The van der Waals surface area contributed by atoms with Crippen LogP contribution in [0.5, 0.6) is 5.75 Å². The van der Waals surface area contributed by atoms with Crippen molar-refractivity contribution in [2.75, 3.05) is 18.1 Å². The molecule has 118 valence electrons. The molecule has 0 unspecified atom stereocenters. The Kier molecular flexibility index (Phi) is 6.39. The Hall–Kier alpha value is -1.89. The van der Waals surface area contributed by atoms with Crippen molar-refractivity contribution < 1.29 is 9.13 Å². The normalized spacial score (nSPS) is 10.6. The van der Waals surface area contributed by atoms with E-state index in [0.717, 1.165) is 18.6 Å². The molecule has 0 atom stereocenters. The Labute approximate surface area is 133 Å². The summed E-state index contributed by atoms with van der Waals surface area (Å²) in [4.78, 5) is 12.6. The van der Waals surface area contributed by atoms with E-state index in [0.29, 0.717) is 29.8 Å². The first-order valence-corrected chi connectivity index (χ1v) is 8.17. The van der Waals surface area contributed by atoms with Crippen LogP contribution in [0.1, 0.15) is 25.6 Å². The fourth-order valence-corrected chi connectivity index (χ4v) is 2.63. The molecule has 0 saturated carbocycles. The van der Waals surface area contributed by atoms with Gasteiger partial charge in [0.2, 0.25) is 5.95 Å². The van der Waals surface area contributed by atoms with Crippen molar-refractivity contribution in [2.45, 2.75) is 31.3 Å². The zero-order valence-corrected chi connectivity index (χ0v) is 13.3. The number of anilines is 1. The molecular formula is C15H19FN4OS. The lowest BCUT2D eigenvalue weighted by atomic mass is 10.3. The van der Waals surface area contributed by atoms with E-state index in [1.807, 2.05) is 0 Å². The lowest BCUT2D eigenvalue weighted by Crippen LogP contribution is -2.09. The number of aromatic nitrogens is 3. The summed E-state index contributed by atoms with van der Waals surface area (Å²) in [5.74, 6) is 2.12. The average molecular weight is 322 g/mol. The molecule has 7 heteroatoms. The van der Waals surface area contributed by atoms with Crippen LogP contribution in [0.25, 0.3) is 0 Å². The van der Waals surface area contributed by atoms with Crippen molar-refractivity contribution in [1.29, 1.82) is 0 Å². The van der Waals surface area contributed by atoms with Gasteiger partial charge in [0.25, 0.3) is 0 Å². The van der Waals surface area contributed by atoms with Crippen LogP contribution in [0.15, 0.2) is 29.4 Å². The number of hydrogen-bond acceptors (Lipinski definition) is 6. The minimum absolute atomic E-state index is 0.228. The fraction of sp³-hybridized carbons (Fsp3) is 0.400. The Morgan fingerprint density at radius 1 is 1.18 bits per heavy atom. The van der Waals surface area contributed by atoms with Gasteiger partial charge in [0, 0.05) is 12.2 Å². The zero-order chi connectivity index (χ0) is 15.8. The Morgan fingerprint density at radius 2 is 1.95 bits per heavy atom. The highest BCUT2D eigenvalue weighted by Gasteiger charge is 2.05. The van der Waals surface area contributed by atoms with E-state index < -0.39 is 0 Å². The molecule has 2 rings (SSSR count). The minimum Gasteiger partial charge on any atom is -0.493 e. The molecular weight excluding hydrogens is 303 g/mol. The third-order valence-electron chi connectivity index (χ3n) is 2.82. The maximum atomic E-state index is 12.8. The Morgan fingerprint density at radius 3 is 2.68 bits per heavy atom. The highest BCUT2D eigenvalue weighted by Crippen LogP contribution is 2.16. The van der Waals surface area contributed by atoms with E-state index in [9.17, 15) is 4.39 Å². The molecule has 5 nitrogen and oxygen atoms in total. The molecule has 1 aromatic carbocycles. The lowest BCUT2D eigenvalue weighted by Gasteiger charge is -2.07. The second-order valence-electron chi connectivity index (χ2n) is 4.65. The van der Waals surface area contributed by atoms with Crippen LogP contribution in [-0.2, 0) is 6.42 Å². The number of nitrogens with two attached hydrogens (primary N) is 1. The largest absolute Gasteiger partial charge is 0.493 e. The van der Waals surface area contributed by atoms with Crippen LogP contribution >= 0.6 is 11.8 Å². The van der Waals surface area contributed by atoms with Crippen molar-refractivity contribution in [3.63, 3.8) is 0 Å². The predicted octanol–water partition coefficient (Wildman–Crippen LogP) is 3.11. The molecule has 0 aliphatic rings. The Bertz CT molecular complexity index is 595. The van der Waals surface area contributed by atoms with Gasteiger partial charge in [0.1, 0.15) is 17.4 Å². The van der Waals surface area contributed by atoms with Gasteiger partial charge >= 0.3 is 0 Å². The summed E-state index contributed by atoms with van der Waals surface area (Å²) < 4.78 is 18.3. The van der Waals surface area contributed by atoms with Gasteiger partial charge in [0.15, 0.2) is 5.16 Å².